The van der Waals surface area contributed by atoms with E-state index < -0.39 is 133 Å². The largest absolute Gasteiger partial charge is 0.461 e. The molecule has 8 amide bonds. The highest BCUT2D eigenvalue weighted by Gasteiger charge is 2.42. The van der Waals surface area contributed by atoms with E-state index in [-0.39, 0.29) is 24.2 Å². The topological polar surface area (TPSA) is 302 Å². The van der Waals surface area contributed by atoms with Gasteiger partial charge in [-0.2, -0.15) is 0 Å². The smallest absolute Gasteiger partial charge is 0.329 e. The standard InChI is InChI=1S/C52H64N12O12/c1-27(2)41-51(73)75-25-37(59-43(65)35-23-53-31-17-11-13-19-33(31)57-35)45(67)55-30(6)48(70)62(8)40-22-16-15-21-39(49(71)63(41)9)61(7)47(69)29(5)56-46(68)38(26-76-52(74)42(28(3)4)64(10)50(40)72)60-44(66)36-24-54-32-18-12-14-20-34(32)58-36/h11-20,23-24,27-30,37-42H,21-22,25-26H2,1-10H3,(H,55,67)(H,56,68)(H,59,65)(H,60,66)/b16-15-/t29-,30-,37+,38+,39-,40-,41-,42-/m0/s1. The molecule has 24 nitrogen and oxygen atoms in total. The van der Waals surface area contributed by atoms with Gasteiger partial charge in [-0.05, 0) is 62.8 Å². The van der Waals surface area contributed by atoms with E-state index in [9.17, 15) is 47.9 Å². The van der Waals surface area contributed by atoms with Crippen LogP contribution in [-0.2, 0) is 47.8 Å². The summed E-state index contributed by atoms with van der Waals surface area (Å²) in [6, 6.07) is 2.00. The molecule has 0 fully saturated rings. The lowest BCUT2D eigenvalue weighted by Crippen LogP contribution is -2.60. The van der Waals surface area contributed by atoms with Crippen molar-refractivity contribution in [2.45, 2.75) is 103 Å². The Hall–Kier alpha value is -8.44. The van der Waals surface area contributed by atoms with Crippen LogP contribution in [0.15, 0.2) is 73.1 Å². The van der Waals surface area contributed by atoms with Crippen LogP contribution >= 0.6 is 0 Å². The number of likely N-dealkylation sites (N-methyl/N-ethyl adjacent to an activating group) is 4. The van der Waals surface area contributed by atoms with E-state index >= 15 is 0 Å². The van der Waals surface area contributed by atoms with Gasteiger partial charge >= 0.3 is 11.9 Å². The number of carbonyl (C=O) groups is 10. The van der Waals surface area contributed by atoms with Crippen LogP contribution < -0.4 is 21.3 Å². The van der Waals surface area contributed by atoms with E-state index in [0.29, 0.717) is 22.1 Å². The van der Waals surface area contributed by atoms with Crippen molar-refractivity contribution in [2.24, 2.45) is 11.8 Å². The van der Waals surface area contributed by atoms with Crippen LogP contribution in [0.3, 0.4) is 0 Å². The molecule has 8 atom stereocenters. The molecule has 4 N–H and O–H groups in total. The Bertz CT molecular complexity index is 2740. The first kappa shape index (κ1) is 56.8. The predicted octanol–water partition coefficient (Wildman–Crippen LogP) is 0.549. The molecule has 4 aromatic rings. The number of para-hydroxylation sites is 4. The lowest BCUT2D eigenvalue weighted by Gasteiger charge is -2.37. The van der Waals surface area contributed by atoms with Crippen molar-refractivity contribution in [2.75, 3.05) is 41.4 Å². The molecule has 2 aliphatic heterocycles. The van der Waals surface area contributed by atoms with Crippen LogP contribution in [0.1, 0.15) is 75.4 Å². The van der Waals surface area contributed by atoms with Gasteiger partial charge < -0.3 is 50.3 Å². The summed E-state index contributed by atoms with van der Waals surface area (Å²) in [5.74, 6) is -10.0. The molecule has 76 heavy (non-hydrogen) atoms. The summed E-state index contributed by atoms with van der Waals surface area (Å²) >= 11 is 0. The van der Waals surface area contributed by atoms with Crippen LogP contribution in [0.2, 0.25) is 0 Å². The number of hydrogen-bond donors (Lipinski definition) is 4. The second-order valence-corrected chi connectivity index (χ2v) is 19.4. The lowest BCUT2D eigenvalue weighted by molar-refractivity contribution is -0.160. The van der Waals surface area contributed by atoms with Gasteiger partial charge in [0.25, 0.3) is 11.8 Å². The van der Waals surface area contributed by atoms with Gasteiger partial charge in [-0.25, -0.2) is 19.6 Å². The Kier molecular flexibility index (Phi) is 18.5. The van der Waals surface area contributed by atoms with Crippen LogP contribution in [0, 0.1) is 11.8 Å². The molecule has 2 aromatic carbocycles. The van der Waals surface area contributed by atoms with Crippen LogP contribution in [0.5, 0.6) is 0 Å². The van der Waals surface area contributed by atoms with E-state index in [0.717, 1.165) is 19.6 Å². The first-order valence-electron chi connectivity index (χ1n) is 24.7. The van der Waals surface area contributed by atoms with E-state index in [4.69, 9.17) is 9.47 Å². The third kappa shape index (κ3) is 13.1. The van der Waals surface area contributed by atoms with Crippen LogP contribution in [0.25, 0.3) is 22.1 Å². The van der Waals surface area contributed by atoms with Gasteiger partial charge in [-0.3, -0.25) is 48.3 Å². The zero-order valence-electron chi connectivity index (χ0n) is 44.0. The molecule has 6 rings (SSSR count). The molecular formula is C52H64N12O12. The zero-order chi connectivity index (χ0) is 55.7. The Morgan fingerprint density at radius 2 is 0.882 bits per heavy atom. The maximum Gasteiger partial charge on any atom is 0.329 e. The van der Waals surface area contributed by atoms with E-state index in [2.05, 4.69) is 41.2 Å². The number of amides is 8. The van der Waals surface area contributed by atoms with Gasteiger partial charge in [-0.15, -0.1) is 0 Å². The Morgan fingerprint density at radius 1 is 0.539 bits per heavy atom. The minimum Gasteiger partial charge on any atom is -0.461 e. The van der Waals surface area contributed by atoms with Crippen molar-refractivity contribution >= 4 is 81.3 Å². The van der Waals surface area contributed by atoms with Crippen LogP contribution in [0.4, 0.5) is 0 Å². The van der Waals surface area contributed by atoms with Crippen molar-refractivity contribution < 1.29 is 57.4 Å². The van der Waals surface area contributed by atoms with Gasteiger partial charge in [0.05, 0.1) is 34.5 Å². The summed E-state index contributed by atoms with van der Waals surface area (Å²) in [7, 11) is 5.30. The normalized spacial score (nSPS) is 24.9. The molecular weight excluding hydrogens is 985 g/mol. The maximum atomic E-state index is 14.8. The summed E-state index contributed by atoms with van der Waals surface area (Å²) in [5, 5.41) is 10.2. The molecule has 2 bridgehead atoms. The number of carbonyl (C=O) groups excluding carboxylic acids is 10. The number of ether oxygens (including phenoxy) is 2. The lowest BCUT2D eigenvalue weighted by atomic mass is 9.99. The molecule has 0 unspecified atom stereocenters. The first-order valence-corrected chi connectivity index (χ1v) is 24.7. The zero-order valence-corrected chi connectivity index (χ0v) is 44.0. The number of rotatable bonds is 6. The SMILES string of the molecule is CC(C)[C@H]1C(=O)OC[C@@H](NC(=O)c2cnc3ccccc3n2)C(=O)N[C@@H](C)C(=O)N(C)[C@H]2C/C=C\C[C@@H](C(=O)N1C)N(C)C(=O)[C@H](C)NC(=O)[C@H](NC(=O)c1cnc3ccccc3n1)COC(=O)[C@H](C(C)C)N(C)C2=O. The molecule has 2 aromatic heterocycles. The number of aromatic nitrogens is 4. The Labute approximate surface area is 438 Å². The van der Waals surface area contributed by atoms with Crippen molar-refractivity contribution in [3.8, 4) is 0 Å². The fraction of sp³-hybridized carbons (Fsp3) is 0.462. The summed E-state index contributed by atoms with van der Waals surface area (Å²) in [5.41, 5.74) is 1.38. The Balaban J connectivity index is 1.40. The second-order valence-electron chi connectivity index (χ2n) is 19.4. The molecule has 0 spiro atoms. The average molecular weight is 1050 g/mol. The number of benzene rings is 2. The van der Waals surface area contributed by atoms with Crippen molar-refractivity contribution in [3.63, 3.8) is 0 Å². The molecule has 24 heteroatoms. The molecule has 0 radical (unpaired) electrons. The van der Waals surface area contributed by atoms with Crippen molar-refractivity contribution in [3.05, 3.63) is 84.5 Å². The number of cyclic esters (lactones) is 2. The molecule has 4 heterocycles. The summed E-state index contributed by atoms with van der Waals surface area (Å²) in [6.07, 6.45) is 5.00. The number of fused-ring (bicyclic) bond motifs is 6. The van der Waals surface area contributed by atoms with Gasteiger partial charge in [0.2, 0.25) is 35.4 Å². The van der Waals surface area contributed by atoms with Gasteiger partial charge in [0.1, 0.15) is 72.9 Å². The number of esters is 2. The summed E-state index contributed by atoms with van der Waals surface area (Å²) < 4.78 is 11.4. The van der Waals surface area contributed by atoms with Crippen LogP contribution in [-0.4, -0.2) is 188 Å². The van der Waals surface area contributed by atoms with Gasteiger partial charge in [0.15, 0.2) is 0 Å². The minimum atomic E-state index is -1.66. The molecule has 0 saturated heterocycles. The van der Waals surface area contributed by atoms with E-state index in [1.165, 1.54) is 66.6 Å². The van der Waals surface area contributed by atoms with E-state index in [1.54, 1.807) is 76.2 Å². The second kappa shape index (κ2) is 24.7. The van der Waals surface area contributed by atoms with Gasteiger partial charge in [0, 0.05) is 28.2 Å². The van der Waals surface area contributed by atoms with Crippen molar-refractivity contribution in [1.82, 2.24) is 60.8 Å². The maximum absolute atomic E-state index is 14.8. The monoisotopic (exact) mass is 1050 g/mol. The fourth-order valence-electron chi connectivity index (χ4n) is 8.93. The number of nitrogens with one attached hydrogen (secondary N) is 4. The molecule has 404 valence electrons. The highest BCUT2D eigenvalue weighted by atomic mass is 16.5. The molecule has 0 saturated carbocycles. The minimum absolute atomic E-state index is 0.183. The fourth-order valence-corrected chi connectivity index (χ4v) is 8.93. The van der Waals surface area contributed by atoms with Crippen molar-refractivity contribution in [1.29, 1.82) is 0 Å². The molecule has 2 aliphatic rings. The summed E-state index contributed by atoms with van der Waals surface area (Å²) in [6.45, 7) is 7.67. The third-order valence-corrected chi connectivity index (χ3v) is 13.2. The molecule has 0 aliphatic carbocycles. The average Bonchev–Trinajstić information content (AvgIpc) is 3.39. The highest BCUT2D eigenvalue weighted by molar-refractivity contribution is 6.00. The summed E-state index contributed by atoms with van der Waals surface area (Å²) in [4.78, 5) is 164. The predicted molar refractivity (Wildman–Crippen MR) is 273 cm³/mol. The number of nitrogens with zero attached hydrogens (tertiary/aromatic N) is 8. The third-order valence-electron chi connectivity index (χ3n) is 13.2. The Morgan fingerprint density at radius 3 is 1.22 bits per heavy atom. The highest BCUT2D eigenvalue weighted by Crippen LogP contribution is 2.21. The number of hydrogen-bond acceptors (Lipinski definition) is 16. The van der Waals surface area contributed by atoms with E-state index in [1.807, 2.05) is 0 Å². The quantitative estimate of drug-likeness (QED) is 0.151. The van der Waals surface area contributed by atoms with Gasteiger partial charge in [-0.1, -0.05) is 64.1 Å². The first-order chi connectivity index (χ1) is 36.0.